The van der Waals surface area contributed by atoms with Crippen molar-refractivity contribution in [3.63, 3.8) is 0 Å². The summed E-state index contributed by atoms with van der Waals surface area (Å²) in [7, 11) is -3.51. The molecule has 0 aromatic carbocycles. The van der Waals surface area contributed by atoms with Crippen LogP contribution in [0.1, 0.15) is 6.23 Å². The van der Waals surface area contributed by atoms with Crippen LogP contribution in [0, 0.1) is 0 Å². The van der Waals surface area contributed by atoms with Crippen LogP contribution in [0.4, 0.5) is 10.6 Å². The van der Waals surface area contributed by atoms with Crippen molar-refractivity contribution in [2.45, 2.75) is 24.5 Å². The van der Waals surface area contributed by atoms with E-state index in [1.54, 1.807) is 0 Å². The predicted molar refractivity (Wildman–Crippen MR) is 86.1 cm³/mol. The Hall–Kier alpha value is -2.59. The molecule has 27 heavy (non-hydrogen) atoms. The van der Waals surface area contributed by atoms with Crippen LogP contribution in [-0.2, 0) is 24.0 Å². The number of hydrogen-bond donors (Lipinski definition) is 4. The van der Waals surface area contributed by atoms with Crippen LogP contribution in [0.3, 0.4) is 0 Å². The lowest BCUT2D eigenvalue weighted by Crippen LogP contribution is -2.37. The lowest BCUT2D eigenvalue weighted by Gasteiger charge is -2.16. The number of rotatable bonds is 5. The number of methoxy groups -OCH3 is 1. The first kappa shape index (κ1) is 19.2. The van der Waals surface area contributed by atoms with Gasteiger partial charge in [0.25, 0.3) is 0 Å². The van der Waals surface area contributed by atoms with Crippen molar-refractivity contribution in [1.29, 1.82) is 0 Å². The summed E-state index contributed by atoms with van der Waals surface area (Å²) in [6.45, 7) is -0.676. The van der Waals surface area contributed by atoms with Gasteiger partial charge in [-0.1, -0.05) is 0 Å². The van der Waals surface area contributed by atoms with E-state index in [1.165, 1.54) is 21.9 Å². The number of carbonyl (C=O) groups is 1. The highest BCUT2D eigenvalue weighted by Crippen LogP contribution is 2.32. The van der Waals surface area contributed by atoms with Gasteiger partial charge in [-0.2, -0.15) is 13.1 Å². The number of hydrogen-bond acceptors (Lipinski definition) is 12. The third kappa shape index (κ3) is 3.76. The van der Waals surface area contributed by atoms with Crippen LogP contribution in [0.2, 0.25) is 0 Å². The normalized spacial score (nSPS) is 25.6. The first-order chi connectivity index (χ1) is 12.7. The summed E-state index contributed by atoms with van der Waals surface area (Å²) in [5.74, 6) is 0.117. The largest absolute Gasteiger partial charge is 0.452 e. The van der Waals surface area contributed by atoms with Gasteiger partial charge in [0.2, 0.25) is 0 Å². The molecule has 1 aliphatic rings. The van der Waals surface area contributed by atoms with Gasteiger partial charge in [-0.05, 0) is 0 Å². The number of carbonyl (C=O) groups excluding carboxylic acids is 1. The zero-order valence-electron chi connectivity index (χ0n) is 13.8. The van der Waals surface area contributed by atoms with E-state index < -0.39 is 47.5 Å². The van der Waals surface area contributed by atoms with Crippen LogP contribution in [-0.4, -0.2) is 76.3 Å². The molecule has 1 amide bonds. The molecule has 0 saturated carbocycles. The van der Waals surface area contributed by atoms with E-state index in [-0.39, 0.29) is 17.0 Å². The van der Waals surface area contributed by atoms with Gasteiger partial charge >= 0.3 is 16.4 Å². The van der Waals surface area contributed by atoms with E-state index in [0.29, 0.717) is 0 Å². The molecule has 3 heterocycles. The van der Waals surface area contributed by atoms with Crippen LogP contribution in [0.5, 0.6) is 0 Å². The Morgan fingerprint density at radius 2 is 2.11 bits per heavy atom. The Labute approximate surface area is 152 Å². The molecule has 4 atom stereocenters. The van der Waals surface area contributed by atoms with Crippen molar-refractivity contribution in [3.05, 3.63) is 12.7 Å². The molecule has 0 bridgehead atoms. The minimum Gasteiger partial charge on any atom is -0.452 e. The molecule has 5 N–H and O–H groups in total. The maximum absolute atomic E-state index is 11.6. The molecule has 15 heteroatoms. The zero-order chi connectivity index (χ0) is 19.8. The molecule has 0 unspecified atom stereocenters. The summed E-state index contributed by atoms with van der Waals surface area (Å²) in [6, 6.07) is 0. The molecule has 14 nitrogen and oxygen atoms in total. The number of imidazole rings is 1. The van der Waals surface area contributed by atoms with Crippen LogP contribution < -0.4 is 10.5 Å². The number of nitrogens with zero attached hydrogens (tertiary/aromatic N) is 4. The molecule has 0 spiro atoms. The number of nitrogen functional groups attached to an aromatic ring is 1. The minimum atomic E-state index is -4.49. The van der Waals surface area contributed by atoms with E-state index in [4.69, 9.17) is 10.5 Å². The fraction of sp³-hybridized carbons (Fsp3) is 0.500. The fourth-order valence-electron chi connectivity index (χ4n) is 2.48. The smallest absolute Gasteiger partial charge is 0.422 e. The molecule has 2 aromatic heterocycles. The van der Waals surface area contributed by atoms with E-state index in [9.17, 15) is 23.4 Å². The first-order valence-corrected chi connectivity index (χ1v) is 8.84. The molecule has 0 aliphatic carbocycles. The highest BCUT2D eigenvalue weighted by atomic mass is 32.2. The van der Waals surface area contributed by atoms with Crippen molar-refractivity contribution in [3.8, 4) is 0 Å². The quantitative estimate of drug-likeness (QED) is 0.414. The topological polar surface area (TPSA) is 201 Å². The highest BCUT2D eigenvalue weighted by molar-refractivity contribution is 7.85. The molecule has 1 saturated heterocycles. The summed E-state index contributed by atoms with van der Waals surface area (Å²) in [4.78, 5) is 22.8. The second-order valence-corrected chi connectivity index (χ2v) is 6.81. The Kier molecular flexibility index (Phi) is 5.11. The maximum Gasteiger partial charge on any atom is 0.422 e. The van der Waals surface area contributed by atoms with Crippen molar-refractivity contribution in [2.75, 3.05) is 19.5 Å². The van der Waals surface area contributed by atoms with Crippen molar-refractivity contribution in [2.24, 2.45) is 0 Å². The Balaban J connectivity index is 1.74. The summed E-state index contributed by atoms with van der Waals surface area (Å²) < 4.78 is 40.2. The second-order valence-electron chi connectivity index (χ2n) is 5.46. The number of aromatic nitrogens is 4. The molecule has 2 aromatic rings. The number of ether oxygens (including phenoxy) is 2. The van der Waals surface area contributed by atoms with Gasteiger partial charge in [-0.25, -0.2) is 19.7 Å². The van der Waals surface area contributed by atoms with E-state index in [0.717, 1.165) is 7.11 Å². The zero-order valence-corrected chi connectivity index (χ0v) is 14.6. The molecule has 1 fully saturated rings. The van der Waals surface area contributed by atoms with Crippen molar-refractivity contribution < 1.29 is 37.1 Å². The molecular weight excluding hydrogens is 388 g/mol. The Bertz CT molecular complexity index is 949. The summed E-state index contributed by atoms with van der Waals surface area (Å²) in [6.07, 6.45) is -4.06. The highest BCUT2D eigenvalue weighted by Gasteiger charge is 2.45. The van der Waals surface area contributed by atoms with E-state index in [1.807, 2.05) is 0 Å². The number of nitrogens with one attached hydrogen (secondary N) is 1. The fourth-order valence-corrected chi connectivity index (χ4v) is 3.14. The van der Waals surface area contributed by atoms with Gasteiger partial charge in [-0.15, -0.1) is 0 Å². The van der Waals surface area contributed by atoms with Gasteiger partial charge < -0.3 is 25.4 Å². The Morgan fingerprint density at radius 1 is 1.37 bits per heavy atom. The minimum absolute atomic E-state index is 0.117. The second kappa shape index (κ2) is 7.20. The molecular formula is C12H16N6O8S. The number of aliphatic hydroxyl groups excluding tert-OH is 2. The maximum atomic E-state index is 11.6. The number of nitrogens with two attached hydrogens (primary N) is 1. The predicted octanol–water partition coefficient (Wildman–Crippen LogP) is -2.35. The summed E-state index contributed by atoms with van der Waals surface area (Å²) in [5.41, 5.74) is 6.21. The van der Waals surface area contributed by atoms with Gasteiger partial charge in [0, 0.05) is 0 Å². The van der Waals surface area contributed by atoms with Crippen molar-refractivity contribution in [1.82, 2.24) is 24.2 Å². The Morgan fingerprint density at radius 3 is 2.81 bits per heavy atom. The number of fused-ring (bicyclic) bond motifs is 1. The first-order valence-electron chi connectivity index (χ1n) is 7.43. The third-order valence-electron chi connectivity index (χ3n) is 3.78. The average Bonchev–Trinajstić information content (AvgIpc) is 3.16. The van der Waals surface area contributed by atoms with E-state index >= 15 is 0 Å². The van der Waals surface area contributed by atoms with Gasteiger partial charge in [0.15, 0.2) is 17.7 Å². The number of amides is 1. The summed E-state index contributed by atoms with van der Waals surface area (Å²) >= 11 is 0. The molecule has 148 valence electrons. The number of aliphatic hydroxyl groups is 2. The standard InChI is InChI=1S/C12H16N6O8S/c1-24-12(21)17-27(22,23)25-2-5-7(19)8(20)11(26-5)18-4-16-6-9(13)14-3-15-10(6)18/h3-5,7-8,11,19-20H,2H2,1H3,(H,17,21)(H2,13,14,15)/t5-,7-,8-,11-/m1/s1. The lowest BCUT2D eigenvalue weighted by atomic mass is 10.1. The average molecular weight is 404 g/mol. The van der Waals surface area contributed by atoms with Crippen LogP contribution in [0.15, 0.2) is 12.7 Å². The summed E-state index contributed by atoms with van der Waals surface area (Å²) in [5, 5.41) is 20.4. The number of anilines is 1. The van der Waals surface area contributed by atoms with Crippen LogP contribution >= 0.6 is 0 Å². The monoisotopic (exact) mass is 404 g/mol. The van der Waals surface area contributed by atoms with E-state index in [2.05, 4.69) is 23.9 Å². The lowest BCUT2D eigenvalue weighted by molar-refractivity contribution is -0.0468. The molecule has 0 radical (unpaired) electrons. The van der Waals surface area contributed by atoms with Gasteiger partial charge in [0.05, 0.1) is 20.0 Å². The van der Waals surface area contributed by atoms with Crippen molar-refractivity contribution >= 4 is 33.4 Å². The molecule has 3 rings (SSSR count). The molecule has 1 aliphatic heterocycles. The third-order valence-corrected chi connectivity index (χ3v) is 4.64. The van der Waals surface area contributed by atoms with Gasteiger partial charge in [0.1, 0.15) is 30.2 Å². The SMILES string of the molecule is COC(=O)NS(=O)(=O)OC[C@H]1O[C@@H](n2cnc3c(N)ncnc32)[C@H](O)[C@@H]1O. The van der Waals surface area contributed by atoms with Crippen LogP contribution in [0.25, 0.3) is 11.2 Å². The van der Waals surface area contributed by atoms with Gasteiger partial charge in [-0.3, -0.25) is 8.75 Å².